The quantitative estimate of drug-likeness (QED) is 0.164. The SMILES string of the molecule is C[C@H]1N=C(c2ccccc2I)c2cc(C#C[Si](C)(C)C)ccc2-n2cnc(-c3cnco3)c21. The highest BCUT2D eigenvalue weighted by atomic mass is 127. The van der Waals surface area contributed by atoms with Crippen molar-refractivity contribution >= 4 is 36.4 Å². The lowest BCUT2D eigenvalue weighted by atomic mass is 9.98. The van der Waals surface area contributed by atoms with Crippen LogP contribution in [0.15, 0.2) is 70.8 Å². The van der Waals surface area contributed by atoms with Crippen LogP contribution >= 0.6 is 22.6 Å². The van der Waals surface area contributed by atoms with Gasteiger partial charge in [0.1, 0.15) is 20.1 Å². The van der Waals surface area contributed by atoms with Crippen LogP contribution in [0.4, 0.5) is 0 Å². The number of aromatic nitrogens is 3. The predicted octanol–water partition coefficient (Wildman–Crippen LogP) is 6.27. The van der Waals surface area contributed by atoms with E-state index >= 15 is 0 Å². The number of oxazole rings is 1. The van der Waals surface area contributed by atoms with Crippen LogP contribution in [-0.4, -0.2) is 28.3 Å². The number of aliphatic imine (C=N–C) groups is 1. The molecule has 0 fully saturated rings. The summed E-state index contributed by atoms with van der Waals surface area (Å²) in [7, 11) is -1.50. The zero-order valence-electron chi connectivity index (χ0n) is 18.9. The van der Waals surface area contributed by atoms with Gasteiger partial charge >= 0.3 is 0 Å². The molecule has 2 aromatic carbocycles. The van der Waals surface area contributed by atoms with Crippen molar-refractivity contribution in [2.45, 2.75) is 32.6 Å². The molecule has 0 radical (unpaired) electrons. The third kappa shape index (κ3) is 4.21. The van der Waals surface area contributed by atoms with Crippen molar-refractivity contribution in [2.75, 3.05) is 0 Å². The smallest absolute Gasteiger partial charge is 0.181 e. The second kappa shape index (κ2) is 8.43. The first-order valence-electron chi connectivity index (χ1n) is 10.8. The minimum atomic E-state index is -1.50. The molecule has 0 spiro atoms. The van der Waals surface area contributed by atoms with Crippen molar-refractivity contribution in [3.05, 3.63) is 87.3 Å². The lowest BCUT2D eigenvalue weighted by Gasteiger charge is -2.13. The van der Waals surface area contributed by atoms with Crippen LogP contribution in [0.25, 0.3) is 17.1 Å². The Kier molecular flexibility index (Phi) is 5.58. The van der Waals surface area contributed by atoms with E-state index in [9.17, 15) is 0 Å². The number of nitrogens with zero attached hydrogens (tertiary/aromatic N) is 4. The van der Waals surface area contributed by atoms with Gasteiger partial charge in [-0.15, -0.1) is 5.54 Å². The van der Waals surface area contributed by atoms with Crippen molar-refractivity contribution in [1.29, 1.82) is 0 Å². The van der Waals surface area contributed by atoms with E-state index in [1.54, 1.807) is 6.20 Å². The van der Waals surface area contributed by atoms with Gasteiger partial charge in [0.05, 0.1) is 29.3 Å². The van der Waals surface area contributed by atoms with E-state index < -0.39 is 8.07 Å². The Balaban J connectivity index is 1.78. The summed E-state index contributed by atoms with van der Waals surface area (Å²) in [6.45, 7) is 8.87. The molecule has 0 unspecified atom stereocenters. The van der Waals surface area contributed by atoms with Gasteiger partial charge in [-0.1, -0.05) is 43.8 Å². The third-order valence-electron chi connectivity index (χ3n) is 5.41. The normalized spacial score (nSPS) is 15.1. The number of hydrogen-bond donors (Lipinski definition) is 0. The highest BCUT2D eigenvalue weighted by Crippen LogP contribution is 2.36. The summed E-state index contributed by atoms with van der Waals surface area (Å²) in [4.78, 5) is 14.0. The predicted molar refractivity (Wildman–Crippen MR) is 142 cm³/mol. The maximum absolute atomic E-state index is 5.58. The average Bonchev–Trinajstić information content (AvgIpc) is 3.44. The molecule has 2 aromatic heterocycles. The van der Waals surface area contributed by atoms with Crippen molar-refractivity contribution in [3.8, 4) is 28.6 Å². The highest BCUT2D eigenvalue weighted by Gasteiger charge is 2.28. The number of rotatable bonds is 2. The zero-order valence-corrected chi connectivity index (χ0v) is 22.1. The third-order valence-corrected chi connectivity index (χ3v) is 7.23. The first-order chi connectivity index (χ1) is 15.8. The first-order valence-corrected chi connectivity index (χ1v) is 15.4. The molecule has 0 amide bonds. The summed E-state index contributed by atoms with van der Waals surface area (Å²) in [6, 6.07) is 14.6. The Morgan fingerprint density at radius 1 is 1.09 bits per heavy atom. The zero-order chi connectivity index (χ0) is 23.2. The van der Waals surface area contributed by atoms with Crippen LogP contribution in [0.3, 0.4) is 0 Å². The molecule has 33 heavy (non-hydrogen) atoms. The Morgan fingerprint density at radius 2 is 1.91 bits per heavy atom. The minimum absolute atomic E-state index is 0.137. The van der Waals surface area contributed by atoms with Crippen LogP contribution in [0, 0.1) is 15.0 Å². The van der Waals surface area contributed by atoms with E-state index in [-0.39, 0.29) is 6.04 Å². The Hall–Kier alpha value is -2.96. The molecule has 0 saturated carbocycles. The number of imidazole rings is 1. The molecule has 0 bridgehead atoms. The molecule has 0 aliphatic carbocycles. The molecule has 5 nitrogen and oxygen atoms in total. The summed E-state index contributed by atoms with van der Waals surface area (Å²) in [5.41, 5.74) is 10.4. The highest BCUT2D eigenvalue weighted by molar-refractivity contribution is 14.1. The van der Waals surface area contributed by atoms with Crippen LogP contribution in [0.2, 0.25) is 19.6 Å². The van der Waals surface area contributed by atoms with E-state index in [4.69, 9.17) is 9.41 Å². The van der Waals surface area contributed by atoms with E-state index in [2.05, 4.69) is 118 Å². The molecule has 1 atom stereocenters. The van der Waals surface area contributed by atoms with Crippen molar-refractivity contribution in [1.82, 2.24) is 14.5 Å². The van der Waals surface area contributed by atoms with Crippen molar-refractivity contribution in [3.63, 3.8) is 0 Å². The van der Waals surface area contributed by atoms with Gasteiger partial charge in [0.15, 0.2) is 12.2 Å². The molecule has 0 N–H and O–H groups in total. The number of fused-ring (bicyclic) bond motifs is 3. The molecular weight excluding hydrogens is 539 g/mol. The molecular formula is C26H23IN4OSi. The van der Waals surface area contributed by atoms with Gasteiger partial charge in [0.2, 0.25) is 0 Å². The monoisotopic (exact) mass is 562 g/mol. The molecule has 4 aromatic rings. The summed E-state index contributed by atoms with van der Waals surface area (Å²) in [5, 5.41) is 0. The van der Waals surface area contributed by atoms with Crippen molar-refractivity contribution in [2.24, 2.45) is 4.99 Å². The van der Waals surface area contributed by atoms with E-state index in [0.717, 1.165) is 43.0 Å². The van der Waals surface area contributed by atoms with Gasteiger partial charge in [-0.2, -0.15) is 0 Å². The van der Waals surface area contributed by atoms with Gasteiger partial charge in [-0.3, -0.25) is 9.56 Å². The fourth-order valence-electron chi connectivity index (χ4n) is 3.94. The van der Waals surface area contributed by atoms with Gasteiger partial charge < -0.3 is 4.42 Å². The maximum Gasteiger partial charge on any atom is 0.181 e. The second-order valence-electron chi connectivity index (χ2n) is 9.08. The summed E-state index contributed by atoms with van der Waals surface area (Å²) in [6.07, 6.45) is 4.98. The fourth-order valence-corrected chi connectivity index (χ4v) is 5.10. The van der Waals surface area contributed by atoms with Gasteiger partial charge in [-0.25, -0.2) is 9.97 Å². The number of halogens is 1. The summed E-state index contributed by atoms with van der Waals surface area (Å²) in [5.74, 6) is 4.05. The lowest BCUT2D eigenvalue weighted by Crippen LogP contribution is -2.16. The maximum atomic E-state index is 5.58. The fraction of sp³-hybridized carbons (Fsp3) is 0.192. The van der Waals surface area contributed by atoms with E-state index in [1.807, 2.05) is 6.33 Å². The standard InChI is InChI=1S/C26H23IN4OSi/c1-17-26-25(23-14-28-16-32-23)29-15-31(26)22-10-9-18(11-12-33(2,3)4)13-20(22)24(30-17)19-7-5-6-8-21(19)27/h5-10,13-17H,1-4H3/t17-/m1/s1. The van der Waals surface area contributed by atoms with Crippen LogP contribution in [0.1, 0.15) is 35.3 Å². The average molecular weight is 562 g/mol. The van der Waals surface area contributed by atoms with Gasteiger partial charge in [0.25, 0.3) is 0 Å². The van der Waals surface area contributed by atoms with Gasteiger partial charge in [0, 0.05) is 20.3 Å². The molecule has 1 aliphatic rings. The summed E-state index contributed by atoms with van der Waals surface area (Å²) >= 11 is 2.39. The van der Waals surface area contributed by atoms with Gasteiger partial charge in [-0.05, 0) is 53.8 Å². The molecule has 3 heterocycles. The molecule has 7 heteroatoms. The molecule has 1 aliphatic heterocycles. The second-order valence-corrected chi connectivity index (χ2v) is 15.0. The van der Waals surface area contributed by atoms with Crippen LogP contribution in [-0.2, 0) is 0 Å². The van der Waals surface area contributed by atoms with E-state index in [1.165, 1.54) is 6.39 Å². The van der Waals surface area contributed by atoms with E-state index in [0.29, 0.717) is 5.76 Å². The molecule has 5 rings (SSSR count). The Bertz CT molecular complexity index is 1440. The topological polar surface area (TPSA) is 56.2 Å². The number of benzene rings is 2. The van der Waals surface area contributed by atoms with Crippen molar-refractivity contribution < 1.29 is 4.42 Å². The molecule has 0 saturated heterocycles. The molecule has 164 valence electrons. The minimum Gasteiger partial charge on any atom is -0.442 e. The Morgan fingerprint density at radius 3 is 2.64 bits per heavy atom. The first kappa shape index (κ1) is 21.9. The lowest BCUT2D eigenvalue weighted by molar-refractivity contribution is 0.568. The van der Waals surface area contributed by atoms with Crippen LogP contribution in [0.5, 0.6) is 0 Å². The summed E-state index contributed by atoms with van der Waals surface area (Å²) < 4.78 is 8.87. The Labute approximate surface area is 208 Å². The largest absolute Gasteiger partial charge is 0.442 e. The van der Waals surface area contributed by atoms with Crippen LogP contribution < -0.4 is 0 Å². The number of hydrogen-bond acceptors (Lipinski definition) is 4.